The van der Waals surface area contributed by atoms with Gasteiger partial charge in [-0.25, -0.2) is 43.9 Å². The highest BCUT2D eigenvalue weighted by Crippen LogP contribution is 2.72. The summed E-state index contributed by atoms with van der Waals surface area (Å²) in [6.07, 6.45) is -0.633. The SMILES string of the molecule is CC[B-](CC[P+](C1=C[C@H]2CC[C@@H]1C2)(c1c(C)cc(C)cc1C)c1c(C)cc(C)cc1C)(c1c(F)c(F)c(F)c(F)c1F)c1c(F)c(F)c(F)c(F)c1F. The van der Waals surface area contributed by atoms with Crippen LogP contribution in [0.1, 0.15) is 59.6 Å². The predicted octanol–water partition coefficient (Wildman–Crippen LogP) is 10.5. The molecule has 2 atom stereocenters. The van der Waals surface area contributed by atoms with Gasteiger partial charge in [-0.3, -0.25) is 0 Å². The topological polar surface area (TPSA) is 0 Å². The fourth-order valence-corrected chi connectivity index (χ4v) is 16.5. The summed E-state index contributed by atoms with van der Waals surface area (Å²) in [6.45, 7) is 12.8. The van der Waals surface area contributed by atoms with E-state index in [1.54, 1.807) is 0 Å². The minimum absolute atomic E-state index is 0.0698. The van der Waals surface area contributed by atoms with Gasteiger partial charge in [0.25, 0.3) is 0 Å². The van der Waals surface area contributed by atoms with Crippen LogP contribution >= 0.6 is 7.26 Å². The molecule has 2 aliphatic rings. The summed E-state index contributed by atoms with van der Waals surface area (Å²) in [6, 6.07) is 7.98. The minimum atomic E-state index is -3.95. The number of aryl methyl sites for hydroxylation is 6. The second kappa shape index (κ2) is 13.9. The van der Waals surface area contributed by atoms with Crippen molar-refractivity contribution in [3.63, 3.8) is 0 Å². The van der Waals surface area contributed by atoms with Crippen LogP contribution in [0.3, 0.4) is 0 Å². The molecule has 0 heterocycles. The second-order valence-corrected chi connectivity index (χ2v) is 18.8. The molecule has 1 saturated carbocycles. The summed E-state index contributed by atoms with van der Waals surface area (Å²) >= 11 is 0. The van der Waals surface area contributed by atoms with E-state index < -0.39 is 95.1 Å². The van der Waals surface area contributed by atoms with Crippen LogP contribution < -0.4 is 21.5 Å². The first-order valence-corrected chi connectivity index (χ1v) is 19.8. The maximum absolute atomic E-state index is 16.1. The average Bonchev–Trinajstić information content (AvgIpc) is 3.73. The normalized spacial score (nSPS) is 17.3. The summed E-state index contributed by atoms with van der Waals surface area (Å²) in [5.74, 6) is -23.7. The van der Waals surface area contributed by atoms with Crippen LogP contribution in [-0.2, 0) is 0 Å². The Bertz CT molecular complexity index is 1980. The van der Waals surface area contributed by atoms with Crippen LogP contribution in [-0.4, -0.2) is 12.3 Å². The summed E-state index contributed by atoms with van der Waals surface area (Å²) in [7, 11) is -3.09. The maximum atomic E-state index is 16.1. The van der Waals surface area contributed by atoms with Crippen molar-refractivity contribution >= 4 is 34.9 Å². The smallest absolute Gasteiger partial charge is 0.200 e. The fourth-order valence-electron chi connectivity index (χ4n) is 10.2. The number of halogens is 10. The zero-order chi connectivity index (χ0) is 39.1. The zero-order valence-corrected chi connectivity index (χ0v) is 31.5. The summed E-state index contributed by atoms with van der Waals surface area (Å²) in [5.41, 5.74) is 2.25. The van der Waals surface area contributed by atoms with E-state index in [9.17, 15) is 8.78 Å². The third-order valence-electron chi connectivity index (χ3n) is 12.0. The van der Waals surface area contributed by atoms with Crippen LogP contribution in [0.4, 0.5) is 43.9 Å². The molecule has 0 aromatic heterocycles. The van der Waals surface area contributed by atoms with Crippen molar-refractivity contribution in [3.8, 4) is 0 Å². The van der Waals surface area contributed by atoms with E-state index in [1.165, 1.54) is 6.92 Å². The Morgan fingerprint density at radius 1 is 0.547 bits per heavy atom. The van der Waals surface area contributed by atoms with Gasteiger partial charge in [0.1, 0.15) is 41.1 Å². The lowest BCUT2D eigenvalue weighted by molar-refractivity contribution is 0.381. The van der Waals surface area contributed by atoms with Crippen molar-refractivity contribution in [2.24, 2.45) is 11.8 Å². The Labute approximate surface area is 304 Å². The third-order valence-corrected chi connectivity index (χ3v) is 17.3. The highest BCUT2D eigenvalue weighted by atomic mass is 31.2. The van der Waals surface area contributed by atoms with Crippen LogP contribution in [0, 0.1) is 112 Å². The lowest BCUT2D eigenvalue weighted by Gasteiger charge is -2.44. The lowest BCUT2D eigenvalue weighted by atomic mass is 9.15. The van der Waals surface area contributed by atoms with Gasteiger partial charge in [0.05, 0.1) is 11.5 Å². The van der Waals surface area contributed by atoms with E-state index >= 15 is 35.1 Å². The summed E-state index contributed by atoms with van der Waals surface area (Å²) < 4.78 is 154. The van der Waals surface area contributed by atoms with E-state index in [2.05, 4.69) is 6.08 Å². The van der Waals surface area contributed by atoms with E-state index in [4.69, 9.17) is 0 Å². The molecule has 0 nitrogen and oxygen atoms in total. The van der Waals surface area contributed by atoms with Crippen LogP contribution in [0.15, 0.2) is 35.7 Å². The largest absolute Gasteiger partial charge is 0.207 e. The molecule has 0 aliphatic heterocycles. The molecular weight excluding hydrogens is 724 g/mol. The number of benzene rings is 4. The molecular formula is C41H40BF10P. The van der Waals surface area contributed by atoms with Crippen molar-refractivity contribution in [1.82, 2.24) is 0 Å². The average molecular weight is 765 g/mol. The summed E-state index contributed by atoms with van der Waals surface area (Å²) in [5, 5.41) is 2.88. The number of fused-ring (bicyclic) bond motifs is 2. The summed E-state index contributed by atoms with van der Waals surface area (Å²) in [4.78, 5) is 0. The first kappa shape index (κ1) is 39.1. The van der Waals surface area contributed by atoms with Crippen molar-refractivity contribution in [3.05, 3.63) is 127 Å². The molecule has 0 unspecified atom stereocenters. The van der Waals surface area contributed by atoms with Gasteiger partial charge in [-0.15, -0.1) is 17.2 Å². The van der Waals surface area contributed by atoms with Crippen LogP contribution in [0.2, 0.25) is 12.6 Å². The first-order valence-electron chi connectivity index (χ1n) is 17.8. The monoisotopic (exact) mass is 764 g/mol. The molecule has 0 N–H and O–H groups in total. The van der Waals surface area contributed by atoms with Gasteiger partial charge in [0, 0.05) is 12.1 Å². The molecule has 4 aromatic carbocycles. The Balaban J connectivity index is 1.79. The van der Waals surface area contributed by atoms with E-state index in [0.29, 0.717) is 0 Å². The molecule has 282 valence electrons. The molecule has 2 bridgehead atoms. The Kier molecular flexibility index (Phi) is 10.3. The molecule has 0 saturated heterocycles. The number of rotatable bonds is 9. The first-order chi connectivity index (χ1) is 24.8. The highest BCUT2D eigenvalue weighted by Gasteiger charge is 2.57. The van der Waals surface area contributed by atoms with Gasteiger partial charge in [-0.1, -0.05) is 42.3 Å². The third kappa shape index (κ3) is 5.86. The van der Waals surface area contributed by atoms with Gasteiger partial charge in [-0.2, -0.15) is 6.32 Å². The molecule has 0 spiro atoms. The lowest BCUT2D eigenvalue weighted by Crippen LogP contribution is -2.64. The van der Waals surface area contributed by atoms with Gasteiger partial charge < -0.3 is 0 Å². The number of allylic oxidation sites excluding steroid dienone is 2. The van der Waals surface area contributed by atoms with Gasteiger partial charge in [-0.05, 0) is 95.1 Å². The fraction of sp³-hybridized carbons (Fsp3) is 0.366. The van der Waals surface area contributed by atoms with Gasteiger partial charge in [0.2, 0.25) is 0 Å². The Morgan fingerprint density at radius 3 is 1.21 bits per heavy atom. The van der Waals surface area contributed by atoms with E-state index in [-0.39, 0.29) is 18.0 Å². The predicted molar refractivity (Wildman–Crippen MR) is 194 cm³/mol. The molecule has 2 aliphatic carbocycles. The van der Waals surface area contributed by atoms with Crippen LogP contribution in [0.5, 0.6) is 0 Å². The van der Waals surface area contributed by atoms with E-state index in [0.717, 1.165) is 68.6 Å². The second-order valence-electron chi connectivity index (χ2n) is 15.3. The maximum Gasteiger partial charge on any atom is 0.200 e. The van der Waals surface area contributed by atoms with Crippen molar-refractivity contribution < 1.29 is 43.9 Å². The van der Waals surface area contributed by atoms with Crippen LogP contribution in [0.25, 0.3) is 0 Å². The standard InChI is InChI=1S/C41H40BF10P/c1-8-42(28-30(43)34(47)38(51)35(48)31(28)44,29-32(45)36(49)39(52)37(50)33(29)46)11-12-53(27-18-25-9-10-26(27)17-25,40-21(4)13-19(2)14-22(40)5)41-23(6)15-20(3)16-24(41)7/h13-16,18,25-26H,8-12,17H2,1-7H3/t25-,26+/m0/s1. The molecule has 0 radical (unpaired) electrons. The molecule has 4 aromatic rings. The van der Waals surface area contributed by atoms with E-state index in [1.807, 2.05) is 65.8 Å². The molecule has 1 fully saturated rings. The highest BCUT2D eigenvalue weighted by molar-refractivity contribution is 7.93. The quantitative estimate of drug-likeness (QED) is 0.0524. The van der Waals surface area contributed by atoms with Crippen molar-refractivity contribution in [2.45, 2.75) is 80.4 Å². The minimum Gasteiger partial charge on any atom is -0.207 e. The van der Waals surface area contributed by atoms with Gasteiger partial charge in [0.15, 0.2) is 34.9 Å². The Hall–Kier alpha value is -3.59. The van der Waals surface area contributed by atoms with Crippen molar-refractivity contribution in [1.29, 1.82) is 0 Å². The molecule has 53 heavy (non-hydrogen) atoms. The number of hydrogen-bond acceptors (Lipinski definition) is 0. The molecule has 12 heteroatoms. The van der Waals surface area contributed by atoms with Gasteiger partial charge >= 0.3 is 0 Å². The van der Waals surface area contributed by atoms with Crippen molar-refractivity contribution in [2.75, 3.05) is 6.16 Å². The Morgan fingerprint density at radius 2 is 0.906 bits per heavy atom. The number of hydrogen-bond donors (Lipinski definition) is 0. The zero-order valence-electron chi connectivity index (χ0n) is 30.6. The molecule has 6 rings (SSSR count). The molecule has 0 amide bonds.